The van der Waals surface area contributed by atoms with Gasteiger partial charge in [-0.15, -0.1) is 0 Å². The Balaban J connectivity index is 1.33. The third kappa shape index (κ3) is 3.58. The Labute approximate surface area is 204 Å². The van der Waals surface area contributed by atoms with Crippen molar-refractivity contribution in [1.29, 1.82) is 0 Å². The highest BCUT2D eigenvalue weighted by Gasteiger charge is 2.61. The van der Waals surface area contributed by atoms with Gasteiger partial charge in [0.05, 0.1) is 12.6 Å². The molecule has 4 aliphatic rings. The van der Waals surface area contributed by atoms with Crippen LogP contribution in [-0.2, 0) is 15.1 Å². The van der Waals surface area contributed by atoms with Gasteiger partial charge in [-0.3, -0.25) is 9.59 Å². The van der Waals surface area contributed by atoms with Crippen LogP contribution in [0.5, 0.6) is 5.75 Å². The molecule has 184 valence electrons. The second-order valence-corrected chi connectivity index (χ2v) is 12.2. The predicted molar refractivity (Wildman–Crippen MR) is 133 cm³/mol. The number of amides is 2. The Morgan fingerprint density at radius 2 is 1.79 bits per heavy atom. The summed E-state index contributed by atoms with van der Waals surface area (Å²) >= 11 is 0. The van der Waals surface area contributed by atoms with Crippen molar-refractivity contribution >= 4 is 11.8 Å². The predicted octanol–water partition coefficient (Wildman–Crippen LogP) is 4.96. The lowest BCUT2D eigenvalue weighted by Crippen LogP contribution is -2.59. The molecule has 0 spiro atoms. The molecular formula is C29H40N2O3. The Morgan fingerprint density at radius 1 is 1.06 bits per heavy atom. The van der Waals surface area contributed by atoms with E-state index >= 15 is 0 Å². The molecule has 0 radical (unpaired) electrons. The summed E-state index contributed by atoms with van der Waals surface area (Å²) in [6, 6.07) is 8.24. The first-order valence-electron chi connectivity index (χ1n) is 13.0. The van der Waals surface area contributed by atoms with Gasteiger partial charge in [-0.05, 0) is 99.3 Å². The van der Waals surface area contributed by atoms with Gasteiger partial charge in [0.2, 0.25) is 11.8 Å². The smallest absolute Gasteiger partial charge is 0.243 e. The molecule has 5 nitrogen and oxygen atoms in total. The van der Waals surface area contributed by atoms with Crippen LogP contribution in [-0.4, -0.2) is 25.0 Å². The van der Waals surface area contributed by atoms with Crippen LogP contribution in [0.4, 0.5) is 0 Å². The maximum Gasteiger partial charge on any atom is 0.243 e. The standard InChI is InChI=1S/C29H40N2O3/c1-27(2,18-6-8-19(34-5)9-7-18)31-26(33)23-12-11-21-20-10-13-24-29(4,17-15-25(32)30-24)22(20)14-16-28(21,23)3/h6-9,15,17,20-24H,10-14,16H2,1-5H3,(H,30,32)(H,31,33). The minimum atomic E-state index is -0.439. The van der Waals surface area contributed by atoms with Crippen molar-refractivity contribution < 1.29 is 14.3 Å². The number of benzene rings is 1. The molecule has 1 heterocycles. The van der Waals surface area contributed by atoms with Crippen molar-refractivity contribution in [2.24, 2.45) is 34.5 Å². The van der Waals surface area contributed by atoms with E-state index in [1.807, 2.05) is 24.3 Å². The molecule has 1 aromatic carbocycles. The highest BCUT2D eigenvalue weighted by atomic mass is 16.5. The van der Waals surface area contributed by atoms with E-state index in [4.69, 9.17) is 4.74 Å². The molecule has 7 atom stereocenters. The van der Waals surface area contributed by atoms with E-state index in [1.165, 1.54) is 0 Å². The second-order valence-electron chi connectivity index (χ2n) is 12.2. The van der Waals surface area contributed by atoms with Crippen molar-refractivity contribution in [2.45, 2.75) is 77.8 Å². The third-order valence-corrected chi connectivity index (χ3v) is 10.2. The Bertz CT molecular complexity index is 999. The Kier molecular flexibility index (Phi) is 5.61. The van der Waals surface area contributed by atoms with E-state index in [1.54, 1.807) is 13.2 Å². The summed E-state index contributed by atoms with van der Waals surface area (Å²) in [5, 5.41) is 6.64. The largest absolute Gasteiger partial charge is 0.497 e. The first kappa shape index (κ1) is 23.4. The summed E-state index contributed by atoms with van der Waals surface area (Å²) < 4.78 is 5.29. The van der Waals surface area contributed by atoms with Crippen molar-refractivity contribution in [3.63, 3.8) is 0 Å². The monoisotopic (exact) mass is 464 g/mol. The van der Waals surface area contributed by atoms with Gasteiger partial charge in [0, 0.05) is 17.4 Å². The lowest BCUT2D eigenvalue weighted by molar-refractivity contribution is -0.135. The quantitative estimate of drug-likeness (QED) is 0.662. The number of nitrogens with one attached hydrogen (secondary N) is 2. The highest BCUT2D eigenvalue weighted by molar-refractivity contribution is 5.89. The molecular weight excluding hydrogens is 424 g/mol. The molecule has 3 fully saturated rings. The molecule has 2 N–H and O–H groups in total. The number of carbonyl (C=O) groups excluding carboxylic acids is 2. The zero-order valence-electron chi connectivity index (χ0n) is 21.3. The molecule has 3 saturated carbocycles. The van der Waals surface area contributed by atoms with Gasteiger partial charge in [-0.1, -0.05) is 32.1 Å². The average Bonchev–Trinajstić information content (AvgIpc) is 3.16. The van der Waals surface area contributed by atoms with Gasteiger partial charge in [0.25, 0.3) is 0 Å². The van der Waals surface area contributed by atoms with Crippen LogP contribution in [0.25, 0.3) is 0 Å². The normalized spacial score (nSPS) is 38.9. The van der Waals surface area contributed by atoms with Crippen LogP contribution < -0.4 is 15.4 Å². The molecule has 1 aromatic rings. The summed E-state index contributed by atoms with van der Waals surface area (Å²) in [6.07, 6.45) is 10.5. The van der Waals surface area contributed by atoms with Gasteiger partial charge in [-0.2, -0.15) is 0 Å². The van der Waals surface area contributed by atoms with Crippen LogP contribution in [0.1, 0.15) is 71.8 Å². The van der Waals surface area contributed by atoms with E-state index in [0.29, 0.717) is 17.8 Å². The van der Waals surface area contributed by atoms with Gasteiger partial charge in [-0.25, -0.2) is 0 Å². The number of fused-ring (bicyclic) bond motifs is 5. The van der Waals surface area contributed by atoms with Crippen molar-refractivity contribution in [1.82, 2.24) is 10.6 Å². The van der Waals surface area contributed by atoms with Crippen molar-refractivity contribution in [2.75, 3.05) is 7.11 Å². The molecule has 7 unspecified atom stereocenters. The fraction of sp³-hybridized carbons (Fsp3) is 0.655. The molecule has 2 amide bonds. The Hall–Kier alpha value is -2.30. The maximum absolute atomic E-state index is 13.7. The summed E-state index contributed by atoms with van der Waals surface area (Å²) in [7, 11) is 1.67. The maximum atomic E-state index is 13.7. The summed E-state index contributed by atoms with van der Waals surface area (Å²) in [5.41, 5.74) is 0.731. The zero-order chi connectivity index (χ0) is 24.3. The van der Waals surface area contributed by atoms with Crippen LogP contribution in [0, 0.1) is 34.5 Å². The second kappa shape index (κ2) is 8.13. The first-order chi connectivity index (χ1) is 16.1. The lowest BCUT2D eigenvalue weighted by atomic mass is 9.48. The van der Waals surface area contributed by atoms with Crippen molar-refractivity contribution in [3.05, 3.63) is 42.0 Å². The number of hydrogen-bond donors (Lipinski definition) is 2. The van der Waals surface area contributed by atoms with E-state index in [9.17, 15) is 9.59 Å². The SMILES string of the molecule is COc1ccc(C(C)(C)NC(=O)C2CCC3C4CCC5NC(=O)C=CC5(C)C4CCC23C)cc1. The fourth-order valence-corrected chi connectivity index (χ4v) is 8.24. The Morgan fingerprint density at radius 3 is 2.50 bits per heavy atom. The zero-order valence-corrected chi connectivity index (χ0v) is 21.3. The van der Waals surface area contributed by atoms with Crippen LogP contribution in [0.15, 0.2) is 36.4 Å². The van der Waals surface area contributed by atoms with Gasteiger partial charge in [0.1, 0.15) is 5.75 Å². The highest BCUT2D eigenvalue weighted by Crippen LogP contribution is 2.65. The summed E-state index contributed by atoms with van der Waals surface area (Å²) in [6.45, 7) is 8.91. The van der Waals surface area contributed by atoms with E-state index in [-0.39, 0.29) is 34.6 Å². The topological polar surface area (TPSA) is 67.4 Å². The first-order valence-corrected chi connectivity index (χ1v) is 13.0. The number of hydrogen-bond acceptors (Lipinski definition) is 3. The fourth-order valence-electron chi connectivity index (χ4n) is 8.24. The van der Waals surface area contributed by atoms with Crippen LogP contribution in [0.3, 0.4) is 0 Å². The minimum Gasteiger partial charge on any atom is -0.497 e. The molecule has 0 bridgehead atoms. The van der Waals surface area contributed by atoms with Crippen molar-refractivity contribution in [3.8, 4) is 5.75 Å². The van der Waals surface area contributed by atoms with Gasteiger partial charge >= 0.3 is 0 Å². The molecule has 3 aliphatic carbocycles. The van der Waals surface area contributed by atoms with E-state index in [0.717, 1.165) is 49.8 Å². The molecule has 1 aliphatic heterocycles. The van der Waals surface area contributed by atoms with E-state index in [2.05, 4.69) is 44.4 Å². The van der Waals surface area contributed by atoms with Gasteiger partial charge < -0.3 is 15.4 Å². The third-order valence-electron chi connectivity index (χ3n) is 10.2. The number of carbonyl (C=O) groups is 2. The summed E-state index contributed by atoms with van der Waals surface area (Å²) in [5.74, 6) is 2.93. The molecule has 0 aromatic heterocycles. The number of methoxy groups -OCH3 is 1. The molecule has 5 rings (SSSR count). The molecule has 5 heteroatoms. The van der Waals surface area contributed by atoms with Gasteiger partial charge in [0.15, 0.2) is 0 Å². The lowest BCUT2D eigenvalue weighted by Gasteiger charge is -2.58. The summed E-state index contributed by atoms with van der Waals surface area (Å²) in [4.78, 5) is 25.7. The van der Waals surface area contributed by atoms with Crippen LogP contribution >= 0.6 is 0 Å². The number of ether oxygens (including phenoxy) is 1. The average molecular weight is 465 g/mol. The molecule has 0 saturated heterocycles. The van der Waals surface area contributed by atoms with E-state index < -0.39 is 5.54 Å². The minimum absolute atomic E-state index is 0.0366. The molecule has 34 heavy (non-hydrogen) atoms. The number of rotatable bonds is 4. The van der Waals surface area contributed by atoms with Crippen LogP contribution in [0.2, 0.25) is 0 Å².